The SMILES string of the molecule is CCc1cc(C(F)(F)P(=O)(O)O)c(Br)c(CC)c1COC(c1ccccc1)C(O)c1ccccc1. The molecule has 3 N–H and O–H groups in total. The molecule has 2 atom stereocenters. The van der Waals surface area contributed by atoms with E-state index in [0.29, 0.717) is 35.1 Å². The molecule has 0 aliphatic carbocycles. The molecule has 0 saturated heterocycles. The van der Waals surface area contributed by atoms with Crippen LogP contribution in [0.2, 0.25) is 0 Å². The highest BCUT2D eigenvalue weighted by Gasteiger charge is 2.52. The number of benzene rings is 3. The van der Waals surface area contributed by atoms with Crippen molar-refractivity contribution in [3.05, 3.63) is 105 Å². The number of aryl methyl sites for hydroxylation is 1. The van der Waals surface area contributed by atoms with Gasteiger partial charge in [0.2, 0.25) is 0 Å². The molecule has 2 unspecified atom stereocenters. The molecule has 3 aromatic carbocycles. The maximum Gasteiger partial charge on any atom is 0.399 e. The Hall–Kier alpha value is -1.93. The summed E-state index contributed by atoms with van der Waals surface area (Å²) in [5.74, 6) is 0. The molecule has 3 aromatic rings. The van der Waals surface area contributed by atoms with E-state index in [-0.39, 0.29) is 11.1 Å². The van der Waals surface area contributed by atoms with Crippen molar-refractivity contribution in [1.29, 1.82) is 0 Å². The van der Waals surface area contributed by atoms with Gasteiger partial charge in [-0.05, 0) is 62.7 Å². The van der Waals surface area contributed by atoms with E-state index >= 15 is 0 Å². The van der Waals surface area contributed by atoms with Crippen molar-refractivity contribution in [3.63, 3.8) is 0 Å². The maximum atomic E-state index is 14.7. The van der Waals surface area contributed by atoms with Gasteiger partial charge in [0.1, 0.15) is 12.2 Å². The minimum Gasteiger partial charge on any atom is -0.385 e. The fourth-order valence-electron chi connectivity index (χ4n) is 4.06. The van der Waals surface area contributed by atoms with E-state index in [1.165, 1.54) is 0 Å². The summed E-state index contributed by atoms with van der Waals surface area (Å²) in [7, 11) is -5.74. The molecule has 0 aliphatic rings. The number of alkyl halides is 2. The number of hydrogen-bond donors (Lipinski definition) is 3. The third-order valence-electron chi connectivity index (χ3n) is 5.96. The summed E-state index contributed by atoms with van der Waals surface area (Å²) in [6.07, 6.45) is -1.03. The van der Waals surface area contributed by atoms with Crippen molar-refractivity contribution in [2.24, 2.45) is 0 Å². The first-order valence-electron chi connectivity index (χ1n) is 11.2. The smallest absolute Gasteiger partial charge is 0.385 e. The average Bonchev–Trinajstić information content (AvgIpc) is 2.84. The minimum atomic E-state index is -5.74. The van der Waals surface area contributed by atoms with Gasteiger partial charge in [0.05, 0.1) is 6.61 Å². The first kappa shape index (κ1) is 27.7. The highest BCUT2D eigenvalue weighted by atomic mass is 79.9. The van der Waals surface area contributed by atoms with Crippen LogP contribution in [0, 0.1) is 0 Å². The quantitative estimate of drug-likeness (QED) is 0.234. The van der Waals surface area contributed by atoms with Crippen LogP contribution in [0.1, 0.15) is 59.4 Å². The predicted octanol–water partition coefficient (Wildman–Crippen LogP) is 6.79. The summed E-state index contributed by atoms with van der Waals surface area (Å²) >= 11 is 3.17. The Bertz CT molecular complexity index is 1190. The average molecular weight is 569 g/mol. The Morgan fingerprint density at radius 2 is 1.49 bits per heavy atom. The van der Waals surface area contributed by atoms with E-state index in [9.17, 15) is 28.2 Å². The van der Waals surface area contributed by atoms with Gasteiger partial charge in [0, 0.05) is 10.0 Å². The van der Waals surface area contributed by atoms with Gasteiger partial charge in [0.15, 0.2) is 0 Å². The zero-order valence-corrected chi connectivity index (χ0v) is 21.8. The third kappa shape index (κ3) is 5.91. The van der Waals surface area contributed by atoms with E-state index in [2.05, 4.69) is 15.9 Å². The fraction of sp³-hybridized carbons (Fsp3) is 0.308. The Labute approximate surface area is 212 Å². The molecule has 9 heteroatoms. The predicted molar refractivity (Wildman–Crippen MR) is 134 cm³/mol. The summed E-state index contributed by atoms with van der Waals surface area (Å²) in [6, 6.07) is 19.5. The van der Waals surface area contributed by atoms with Crippen LogP contribution in [0.5, 0.6) is 0 Å². The Morgan fingerprint density at radius 3 is 1.97 bits per heavy atom. The molecule has 0 saturated carbocycles. The molecule has 5 nitrogen and oxygen atoms in total. The van der Waals surface area contributed by atoms with E-state index < -0.39 is 31.0 Å². The van der Waals surface area contributed by atoms with Gasteiger partial charge in [-0.2, -0.15) is 8.78 Å². The molecular weight excluding hydrogens is 541 g/mol. The third-order valence-corrected chi connectivity index (χ3v) is 7.84. The summed E-state index contributed by atoms with van der Waals surface area (Å²) in [5.41, 5.74) is -2.03. The second-order valence-corrected chi connectivity index (χ2v) is 10.6. The van der Waals surface area contributed by atoms with E-state index in [1.54, 1.807) is 26.0 Å². The number of aliphatic hydroxyl groups excluding tert-OH is 1. The van der Waals surface area contributed by atoms with Crippen molar-refractivity contribution in [2.45, 2.75) is 51.2 Å². The summed E-state index contributed by atoms with van der Waals surface area (Å²) in [6.45, 7) is 3.56. The largest absolute Gasteiger partial charge is 0.399 e. The van der Waals surface area contributed by atoms with Crippen LogP contribution in [0.25, 0.3) is 0 Å². The molecule has 0 aliphatic heterocycles. The first-order chi connectivity index (χ1) is 16.5. The van der Waals surface area contributed by atoms with E-state index in [0.717, 1.165) is 11.6 Å². The molecule has 0 heterocycles. The van der Waals surface area contributed by atoms with Crippen LogP contribution in [0.15, 0.2) is 71.2 Å². The van der Waals surface area contributed by atoms with Crippen LogP contribution < -0.4 is 0 Å². The molecule has 0 aromatic heterocycles. The van der Waals surface area contributed by atoms with Gasteiger partial charge >= 0.3 is 13.3 Å². The lowest BCUT2D eigenvalue weighted by Gasteiger charge is -2.27. The lowest BCUT2D eigenvalue weighted by Crippen LogP contribution is -2.19. The maximum absolute atomic E-state index is 14.7. The number of halogens is 3. The first-order valence-corrected chi connectivity index (χ1v) is 13.6. The molecule has 3 rings (SSSR count). The van der Waals surface area contributed by atoms with Crippen molar-refractivity contribution in [2.75, 3.05) is 0 Å². The minimum absolute atomic E-state index is 0.0101. The van der Waals surface area contributed by atoms with Crippen molar-refractivity contribution in [1.82, 2.24) is 0 Å². The number of hydrogen-bond acceptors (Lipinski definition) is 3. The lowest BCUT2D eigenvalue weighted by atomic mass is 9.94. The van der Waals surface area contributed by atoms with Crippen molar-refractivity contribution in [3.8, 4) is 0 Å². The fourth-order valence-corrected chi connectivity index (χ4v) is 5.59. The molecule has 188 valence electrons. The van der Waals surface area contributed by atoms with Gasteiger partial charge in [-0.15, -0.1) is 0 Å². The summed E-state index contributed by atoms with van der Waals surface area (Å²) in [5, 5.41) is 11.1. The highest BCUT2D eigenvalue weighted by molar-refractivity contribution is 9.10. The Morgan fingerprint density at radius 1 is 0.943 bits per heavy atom. The topological polar surface area (TPSA) is 87.0 Å². The number of ether oxygens (including phenoxy) is 1. The monoisotopic (exact) mass is 568 g/mol. The molecule has 0 radical (unpaired) electrons. The Kier molecular flexibility index (Phi) is 9.02. The number of aliphatic hydroxyl groups is 1. The van der Waals surface area contributed by atoms with Crippen LogP contribution >= 0.6 is 23.5 Å². The molecule has 0 fully saturated rings. The van der Waals surface area contributed by atoms with E-state index in [4.69, 9.17) is 4.74 Å². The van der Waals surface area contributed by atoms with Crippen molar-refractivity contribution >= 4 is 23.5 Å². The van der Waals surface area contributed by atoms with Gasteiger partial charge in [-0.25, -0.2) is 0 Å². The zero-order chi connectivity index (χ0) is 25.8. The van der Waals surface area contributed by atoms with Crippen LogP contribution in [0.3, 0.4) is 0 Å². The molecule has 0 bridgehead atoms. The van der Waals surface area contributed by atoms with Gasteiger partial charge in [0.25, 0.3) is 0 Å². The molecule has 0 amide bonds. The summed E-state index contributed by atoms with van der Waals surface area (Å²) in [4.78, 5) is 18.6. The van der Waals surface area contributed by atoms with Gasteiger partial charge in [-0.3, -0.25) is 4.57 Å². The number of rotatable bonds is 10. The van der Waals surface area contributed by atoms with Crippen LogP contribution in [0.4, 0.5) is 8.78 Å². The Balaban J connectivity index is 2.04. The second-order valence-electron chi connectivity index (χ2n) is 8.14. The van der Waals surface area contributed by atoms with Crippen LogP contribution in [-0.4, -0.2) is 14.9 Å². The lowest BCUT2D eigenvalue weighted by molar-refractivity contribution is -0.0502. The normalized spacial score (nSPS) is 14.1. The van der Waals surface area contributed by atoms with Crippen LogP contribution in [-0.2, 0) is 34.4 Å². The molecule has 0 spiro atoms. The highest BCUT2D eigenvalue weighted by Crippen LogP contribution is 2.61. The van der Waals surface area contributed by atoms with Gasteiger partial charge < -0.3 is 19.6 Å². The van der Waals surface area contributed by atoms with Crippen molar-refractivity contribution < 1.29 is 33.0 Å². The standard InChI is InChI=1S/C26H28BrF2O5P/c1-3-17-15-22(26(28,29)35(31,32)33)23(27)20(4-2)21(17)16-34-25(19-13-9-6-10-14-19)24(30)18-11-7-5-8-12-18/h5-15,24-25,30H,3-4,16H2,1-2H3,(H2,31,32,33). The molecular formula is C26H28BrF2O5P. The second kappa shape index (κ2) is 11.4. The zero-order valence-electron chi connectivity index (χ0n) is 19.4. The van der Waals surface area contributed by atoms with Gasteiger partial charge in [-0.1, -0.05) is 74.5 Å². The summed E-state index contributed by atoms with van der Waals surface area (Å²) < 4.78 is 47.1. The molecule has 35 heavy (non-hydrogen) atoms. The van der Waals surface area contributed by atoms with E-state index in [1.807, 2.05) is 48.5 Å².